The van der Waals surface area contributed by atoms with Crippen LogP contribution in [0.1, 0.15) is 11.1 Å². The molecule has 2 aromatic rings. The number of rotatable bonds is 7. The highest BCUT2D eigenvalue weighted by atomic mass is 16.5. The van der Waals surface area contributed by atoms with Gasteiger partial charge in [-0.25, -0.2) is 0 Å². The Bertz CT molecular complexity index is 827. The largest absolute Gasteiger partial charge is 0.496 e. The maximum Gasteiger partial charge on any atom is 0.259 e. The van der Waals surface area contributed by atoms with Crippen LogP contribution in [-0.4, -0.2) is 44.5 Å². The zero-order chi connectivity index (χ0) is 19.8. The topological polar surface area (TPSA) is 67.9 Å². The van der Waals surface area contributed by atoms with Gasteiger partial charge in [-0.3, -0.25) is 9.59 Å². The number of nitrogens with zero attached hydrogens (tertiary/aromatic N) is 1. The summed E-state index contributed by atoms with van der Waals surface area (Å²) in [6.45, 7) is 1.95. The maximum atomic E-state index is 12.1. The third kappa shape index (κ3) is 6.18. The van der Waals surface area contributed by atoms with Crippen molar-refractivity contribution < 1.29 is 19.1 Å². The highest BCUT2D eigenvalue weighted by molar-refractivity contribution is 6.02. The molecule has 2 rings (SSSR count). The SMILES string of the molecule is COc1ccc(C)cc1/C=C/C(=O)Nc1ccc(OCC(=O)N(C)C)cc1. The van der Waals surface area contributed by atoms with E-state index in [0.29, 0.717) is 17.2 Å². The van der Waals surface area contributed by atoms with E-state index in [1.165, 1.54) is 11.0 Å². The van der Waals surface area contributed by atoms with Crippen molar-refractivity contribution in [2.45, 2.75) is 6.92 Å². The van der Waals surface area contributed by atoms with Gasteiger partial charge in [0.1, 0.15) is 11.5 Å². The molecule has 0 aliphatic rings. The third-order valence-corrected chi connectivity index (χ3v) is 3.78. The van der Waals surface area contributed by atoms with Crippen LogP contribution in [0.2, 0.25) is 0 Å². The smallest absolute Gasteiger partial charge is 0.259 e. The van der Waals surface area contributed by atoms with Crippen LogP contribution in [0, 0.1) is 6.92 Å². The zero-order valence-corrected chi connectivity index (χ0v) is 16.0. The number of nitrogens with one attached hydrogen (secondary N) is 1. The standard InChI is InChI=1S/C21H24N2O4/c1-15-5-11-19(26-4)16(13-15)6-12-20(24)22-17-7-9-18(10-8-17)27-14-21(25)23(2)3/h5-13H,14H2,1-4H3,(H,22,24)/b12-6+. The number of hydrogen-bond acceptors (Lipinski definition) is 4. The lowest BCUT2D eigenvalue weighted by atomic mass is 10.1. The molecule has 0 unspecified atom stereocenters. The first kappa shape index (κ1) is 20.0. The van der Waals surface area contributed by atoms with Crippen molar-refractivity contribution in [1.29, 1.82) is 0 Å². The van der Waals surface area contributed by atoms with Crippen LogP contribution in [0.5, 0.6) is 11.5 Å². The van der Waals surface area contributed by atoms with E-state index in [9.17, 15) is 9.59 Å². The Labute approximate surface area is 159 Å². The Morgan fingerprint density at radius 2 is 1.81 bits per heavy atom. The molecule has 6 heteroatoms. The highest BCUT2D eigenvalue weighted by Gasteiger charge is 2.05. The van der Waals surface area contributed by atoms with Crippen molar-refractivity contribution in [2.75, 3.05) is 33.1 Å². The second-order valence-electron chi connectivity index (χ2n) is 6.17. The van der Waals surface area contributed by atoms with Gasteiger partial charge in [-0.2, -0.15) is 0 Å². The van der Waals surface area contributed by atoms with Gasteiger partial charge in [-0.1, -0.05) is 11.6 Å². The van der Waals surface area contributed by atoms with Gasteiger partial charge in [0.2, 0.25) is 5.91 Å². The van der Waals surface area contributed by atoms with E-state index in [2.05, 4.69) is 5.32 Å². The van der Waals surface area contributed by atoms with Crippen LogP contribution in [0.3, 0.4) is 0 Å². The molecule has 6 nitrogen and oxygen atoms in total. The summed E-state index contributed by atoms with van der Waals surface area (Å²) < 4.78 is 10.7. The monoisotopic (exact) mass is 368 g/mol. The van der Waals surface area contributed by atoms with Gasteiger partial charge in [-0.15, -0.1) is 0 Å². The number of benzene rings is 2. The second kappa shape index (κ2) is 9.43. The van der Waals surface area contributed by atoms with E-state index in [0.717, 1.165) is 11.1 Å². The molecule has 0 saturated carbocycles. The molecule has 1 N–H and O–H groups in total. The van der Waals surface area contributed by atoms with E-state index < -0.39 is 0 Å². The lowest BCUT2D eigenvalue weighted by molar-refractivity contribution is -0.130. The van der Waals surface area contributed by atoms with Gasteiger partial charge in [0.15, 0.2) is 6.61 Å². The molecule has 2 aromatic carbocycles. The summed E-state index contributed by atoms with van der Waals surface area (Å²) in [5.74, 6) is 0.890. The summed E-state index contributed by atoms with van der Waals surface area (Å²) in [5, 5.41) is 2.78. The van der Waals surface area contributed by atoms with E-state index >= 15 is 0 Å². The van der Waals surface area contributed by atoms with Crippen molar-refractivity contribution in [2.24, 2.45) is 0 Å². The van der Waals surface area contributed by atoms with Crippen molar-refractivity contribution in [3.05, 3.63) is 59.7 Å². The molecule has 0 radical (unpaired) electrons. The number of methoxy groups -OCH3 is 1. The van der Waals surface area contributed by atoms with Crippen molar-refractivity contribution >= 4 is 23.6 Å². The highest BCUT2D eigenvalue weighted by Crippen LogP contribution is 2.21. The quantitative estimate of drug-likeness (QED) is 0.763. The van der Waals surface area contributed by atoms with Crippen molar-refractivity contribution in [3.8, 4) is 11.5 Å². The Morgan fingerprint density at radius 3 is 2.44 bits per heavy atom. The van der Waals surface area contributed by atoms with Gasteiger partial charge in [0, 0.05) is 31.4 Å². The fourth-order valence-corrected chi connectivity index (χ4v) is 2.24. The molecule has 0 aromatic heterocycles. The minimum atomic E-state index is -0.255. The van der Waals surface area contributed by atoms with Crippen LogP contribution in [0.15, 0.2) is 48.5 Å². The van der Waals surface area contributed by atoms with Crippen molar-refractivity contribution in [1.82, 2.24) is 4.90 Å². The summed E-state index contributed by atoms with van der Waals surface area (Å²) in [5.41, 5.74) is 2.55. The predicted molar refractivity (Wildman–Crippen MR) is 106 cm³/mol. The average Bonchev–Trinajstić information content (AvgIpc) is 2.65. The summed E-state index contributed by atoms with van der Waals surface area (Å²) in [6, 6.07) is 12.6. The molecule has 0 fully saturated rings. The number of anilines is 1. The van der Waals surface area contributed by atoms with Crippen LogP contribution in [0.25, 0.3) is 6.08 Å². The molecule has 0 aliphatic heterocycles. The number of carbonyl (C=O) groups excluding carboxylic acids is 2. The van der Waals surface area contributed by atoms with Crippen LogP contribution >= 0.6 is 0 Å². The second-order valence-corrected chi connectivity index (χ2v) is 6.17. The Balaban J connectivity index is 1.94. The summed E-state index contributed by atoms with van der Waals surface area (Å²) >= 11 is 0. The first-order valence-corrected chi connectivity index (χ1v) is 8.46. The number of carbonyl (C=O) groups is 2. The fourth-order valence-electron chi connectivity index (χ4n) is 2.24. The average molecular weight is 368 g/mol. The molecule has 0 heterocycles. The molecule has 142 valence electrons. The lowest BCUT2D eigenvalue weighted by Crippen LogP contribution is -2.27. The van der Waals surface area contributed by atoms with E-state index in [4.69, 9.17) is 9.47 Å². The minimum Gasteiger partial charge on any atom is -0.496 e. The summed E-state index contributed by atoms with van der Waals surface area (Å²) in [4.78, 5) is 25.1. The van der Waals surface area contributed by atoms with E-state index in [1.54, 1.807) is 51.5 Å². The molecular formula is C21H24N2O4. The first-order valence-electron chi connectivity index (χ1n) is 8.46. The zero-order valence-electron chi connectivity index (χ0n) is 16.0. The predicted octanol–water partition coefficient (Wildman–Crippen LogP) is 3.12. The van der Waals surface area contributed by atoms with Crippen LogP contribution < -0.4 is 14.8 Å². The Hall–Kier alpha value is -3.28. The summed E-state index contributed by atoms with van der Waals surface area (Å²) in [7, 11) is 4.94. The molecule has 27 heavy (non-hydrogen) atoms. The fraction of sp³-hybridized carbons (Fsp3) is 0.238. The molecule has 0 aliphatic carbocycles. The van der Waals surface area contributed by atoms with Gasteiger partial charge < -0.3 is 19.7 Å². The molecule has 2 amide bonds. The Kier molecular flexibility index (Phi) is 7.00. The van der Waals surface area contributed by atoms with Crippen LogP contribution in [0.4, 0.5) is 5.69 Å². The number of likely N-dealkylation sites (N-methyl/N-ethyl adjacent to an activating group) is 1. The molecule has 0 atom stereocenters. The molecule has 0 saturated heterocycles. The van der Waals surface area contributed by atoms with E-state index in [1.807, 2.05) is 25.1 Å². The lowest BCUT2D eigenvalue weighted by Gasteiger charge is -2.11. The maximum absolute atomic E-state index is 12.1. The Morgan fingerprint density at radius 1 is 1.11 bits per heavy atom. The first-order chi connectivity index (χ1) is 12.9. The van der Waals surface area contributed by atoms with Gasteiger partial charge in [-0.05, 0) is 49.4 Å². The van der Waals surface area contributed by atoms with Crippen LogP contribution in [-0.2, 0) is 9.59 Å². The van der Waals surface area contributed by atoms with Gasteiger partial charge in [0.25, 0.3) is 5.91 Å². The number of ether oxygens (including phenoxy) is 2. The molecule has 0 bridgehead atoms. The van der Waals surface area contributed by atoms with Gasteiger partial charge in [0.05, 0.1) is 7.11 Å². The van der Waals surface area contributed by atoms with E-state index in [-0.39, 0.29) is 18.4 Å². The van der Waals surface area contributed by atoms with Crippen molar-refractivity contribution in [3.63, 3.8) is 0 Å². The normalized spacial score (nSPS) is 10.5. The molecular weight excluding hydrogens is 344 g/mol. The number of amides is 2. The third-order valence-electron chi connectivity index (χ3n) is 3.78. The number of aryl methyl sites for hydroxylation is 1. The number of hydrogen-bond donors (Lipinski definition) is 1. The van der Waals surface area contributed by atoms with Gasteiger partial charge >= 0.3 is 0 Å². The minimum absolute atomic E-state index is 0.0280. The summed E-state index contributed by atoms with van der Waals surface area (Å²) in [6.07, 6.45) is 3.17. The molecule has 0 spiro atoms.